The summed E-state index contributed by atoms with van der Waals surface area (Å²) in [6, 6.07) is 4.68. The highest BCUT2D eigenvalue weighted by molar-refractivity contribution is 5.36. The van der Waals surface area contributed by atoms with Crippen LogP contribution in [0.15, 0.2) is 30.3 Å². The standard InChI is InChI=1S/C15H13F4N/c1-8-3-4-11(16)9(5-8)15(20-2)10-6-13(18)14(19)7-12(10)17/h3-7,15,20H,1-2H3. The molecule has 0 heterocycles. The number of hydrogen-bond acceptors (Lipinski definition) is 1. The van der Waals surface area contributed by atoms with Crippen molar-refractivity contribution >= 4 is 0 Å². The minimum atomic E-state index is -1.27. The Morgan fingerprint density at radius 1 is 0.800 bits per heavy atom. The second kappa shape index (κ2) is 5.63. The van der Waals surface area contributed by atoms with Crippen LogP contribution < -0.4 is 5.32 Å². The van der Waals surface area contributed by atoms with E-state index in [4.69, 9.17) is 0 Å². The molecule has 0 aliphatic rings. The SMILES string of the molecule is CNC(c1cc(C)ccc1F)c1cc(F)c(F)cc1F. The molecule has 5 heteroatoms. The van der Waals surface area contributed by atoms with E-state index in [2.05, 4.69) is 5.32 Å². The van der Waals surface area contributed by atoms with Crippen molar-refractivity contribution < 1.29 is 17.6 Å². The van der Waals surface area contributed by atoms with Gasteiger partial charge in [-0.15, -0.1) is 0 Å². The minimum absolute atomic E-state index is 0.143. The van der Waals surface area contributed by atoms with E-state index in [-0.39, 0.29) is 11.1 Å². The molecule has 0 aromatic heterocycles. The Bertz CT molecular complexity index is 640. The van der Waals surface area contributed by atoms with Crippen LogP contribution in [0.4, 0.5) is 17.6 Å². The predicted octanol–water partition coefficient (Wildman–Crippen LogP) is 3.86. The molecule has 1 unspecified atom stereocenters. The smallest absolute Gasteiger partial charge is 0.161 e. The van der Waals surface area contributed by atoms with E-state index in [0.717, 1.165) is 11.6 Å². The molecule has 106 valence electrons. The maximum Gasteiger partial charge on any atom is 0.161 e. The van der Waals surface area contributed by atoms with Crippen LogP contribution in [-0.4, -0.2) is 7.05 Å². The zero-order chi connectivity index (χ0) is 14.9. The third-order valence-corrected chi connectivity index (χ3v) is 3.10. The van der Waals surface area contributed by atoms with Gasteiger partial charge >= 0.3 is 0 Å². The second-order valence-electron chi connectivity index (χ2n) is 4.53. The van der Waals surface area contributed by atoms with Gasteiger partial charge in [0.15, 0.2) is 11.6 Å². The van der Waals surface area contributed by atoms with Crippen molar-refractivity contribution in [3.05, 3.63) is 70.3 Å². The van der Waals surface area contributed by atoms with Crippen LogP contribution in [0, 0.1) is 30.2 Å². The average Bonchev–Trinajstić information content (AvgIpc) is 2.40. The van der Waals surface area contributed by atoms with Gasteiger partial charge in [0.1, 0.15) is 11.6 Å². The Morgan fingerprint density at radius 3 is 2.05 bits per heavy atom. The maximum atomic E-state index is 13.9. The lowest BCUT2D eigenvalue weighted by Crippen LogP contribution is -2.21. The molecule has 0 fully saturated rings. The van der Waals surface area contributed by atoms with Crippen LogP contribution >= 0.6 is 0 Å². The maximum absolute atomic E-state index is 13.9. The molecule has 2 aromatic carbocycles. The Hall–Kier alpha value is -1.88. The summed E-state index contributed by atoms with van der Waals surface area (Å²) in [6.07, 6.45) is 0. The molecule has 20 heavy (non-hydrogen) atoms. The number of aryl methyl sites for hydroxylation is 1. The van der Waals surface area contributed by atoms with Gasteiger partial charge in [-0.3, -0.25) is 0 Å². The minimum Gasteiger partial charge on any atom is -0.309 e. The Labute approximate surface area is 114 Å². The normalized spacial score (nSPS) is 12.5. The molecule has 2 aromatic rings. The zero-order valence-electron chi connectivity index (χ0n) is 11.0. The van der Waals surface area contributed by atoms with E-state index in [9.17, 15) is 17.6 Å². The van der Waals surface area contributed by atoms with E-state index in [1.54, 1.807) is 13.0 Å². The van der Waals surface area contributed by atoms with E-state index >= 15 is 0 Å². The largest absolute Gasteiger partial charge is 0.309 e. The molecule has 0 amide bonds. The monoisotopic (exact) mass is 283 g/mol. The Morgan fingerprint density at radius 2 is 1.40 bits per heavy atom. The number of hydrogen-bond donors (Lipinski definition) is 1. The number of halogens is 4. The van der Waals surface area contributed by atoms with Crippen LogP contribution in [0.2, 0.25) is 0 Å². The fourth-order valence-corrected chi connectivity index (χ4v) is 2.12. The fraction of sp³-hybridized carbons (Fsp3) is 0.200. The lowest BCUT2D eigenvalue weighted by molar-refractivity contribution is 0.481. The molecule has 0 saturated heterocycles. The van der Waals surface area contributed by atoms with Crippen molar-refractivity contribution in [3.8, 4) is 0 Å². The molecule has 1 N–H and O–H groups in total. The van der Waals surface area contributed by atoms with E-state index < -0.39 is 29.3 Å². The highest BCUT2D eigenvalue weighted by Gasteiger charge is 2.22. The molecule has 0 aliphatic carbocycles. The van der Waals surface area contributed by atoms with Gasteiger partial charge < -0.3 is 5.32 Å². The van der Waals surface area contributed by atoms with Crippen LogP contribution in [-0.2, 0) is 0 Å². The fourth-order valence-electron chi connectivity index (χ4n) is 2.12. The Balaban J connectivity index is 2.58. The average molecular weight is 283 g/mol. The van der Waals surface area contributed by atoms with E-state index in [0.29, 0.717) is 6.07 Å². The third-order valence-electron chi connectivity index (χ3n) is 3.10. The molecule has 1 nitrogen and oxygen atoms in total. The number of nitrogens with one attached hydrogen (secondary N) is 1. The topological polar surface area (TPSA) is 12.0 Å². The van der Waals surface area contributed by atoms with Crippen molar-refractivity contribution in [2.75, 3.05) is 7.05 Å². The molecule has 0 radical (unpaired) electrons. The summed E-state index contributed by atoms with van der Waals surface area (Å²) in [7, 11) is 1.49. The van der Waals surface area contributed by atoms with Gasteiger partial charge in [0.05, 0.1) is 6.04 Å². The van der Waals surface area contributed by atoms with Crippen LogP contribution in [0.3, 0.4) is 0 Å². The first kappa shape index (κ1) is 14.5. The van der Waals surface area contributed by atoms with E-state index in [1.165, 1.54) is 19.2 Å². The molecule has 0 bridgehead atoms. The lowest BCUT2D eigenvalue weighted by atomic mass is 9.96. The van der Waals surface area contributed by atoms with Gasteiger partial charge in [-0.2, -0.15) is 0 Å². The first-order chi connectivity index (χ1) is 9.43. The first-order valence-corrected chi connectivity index (χ1v) is 6.01. The van der Waals surface area contributed by atoms with Crippen LogP contribution in [0.1, 0.15) is 22.7 Å². The number of rotatable bonds is 3. The van der Waals surface area contributed by atoms with Gasteiger partial charge in [-0.1, -0.05) is 17.7 Å². The van der Waals surface area contributed by atoms with Crippen molar-refractivity contribution in [2.24, 2.45) is 0 Å². The van der Waals surface area contributed by atoms with Crippen molar-refractivity contribution in [3.63, 3.8) is 0 Å². The quantitative estimate of drug-likeness (QED) is 0.666. The summed E-state index contributed by atoms with van der Waals surface area (Å²) in [5.74, 6) is -3.91. The third kappa shape index (κ3) is 2.67. The molecule has 0 spiro atoms. The number of benzene rings is 2. The summed E-state index contributed by atoms with van der Waals surface area (Å²) in [5.41, 5.74) is 0.818. The lowest BCUT2D eigenvalue weighted by Gasteiger charge is -2.19. The predicted molar refractivity (Wildman–Crippen MR) is 68.4 cm³/mol. The summed E-state index contributed by atoms with van der Waals surface area (Å²) in [6.45, 7) is 1.76. The van der Waals surface area contributed by atoms with Gasteiger partial charge in [0, 0.05) is 17.2 Å². The Kier molecular flexibility index (Phi) is 4.09. The molecule has 0 saturated carbocycles. The van der Waals surface area contributed by atoms with Gasteiger partial charge in [-0.05, 0) is 26.1 Å². The van der Waals surface area contributed by atoms with Crippen molar-refractivity contribution in [2.45, 2.75) is 13.0 Å². The van der Waals surface area contributed by atoms with Gasteiger partial charge in [0.25, 0.3) is 0 Å². The van der Waals surface area contributed by atoms with Crippen LogP contribution in [0.5, 0.6) is 0 Å². The molecule has 2 rings (SSSR count). The summed E-state index contributed by atoms with van der Waals surface area (Å²) in [5, 5.41) is 2.72. The van der Waals surface area contributed by atoms with Crippen molar-refractivity contribution in [1.29, 1.82) is 0 Å². The molecule has 0 aliphatic heterocycles. The molecular weight excluding hydrogens is 270 g/mol. The zero-order valence-corrected chi connectivity index (χ0v) is 11.0. The highest BCUT2D eigenvalue weighted by Crippen LogP contribution is 2.28. The molecule has 1 atom stereocenters. The van der Waals surface area contributed by atoms with Gasteiger partial charge in [0.2, 0.25) is 0 Å². The summed E-state index contributed by atoms with van der Waals surface area (Å²) in [4.78, 5) is 0. The van der Waals surface area contributed by atoms with Gasteiger partial charge in [-0.25, -0.2) is 17.6 Å². The highest BCUT2D eigenvalue weighted by atomic mass is 19.2. The summed E-state index contributed by atoms with van der Waals surface area (Å²) < 4.78 is 53.9. The van der Waals surface area contributed by atoms with Crippen LogP contribution in [0.25, 0.3) is 0 Å². The second-order valence-corrected chi connectivity index (χ2v) is 4.53. The summed E-state index contributed by atoms with van der Waals surface area (Å²) >= 11 is 0. The first-order valence-electron chi connectivity index (χ1n) is 6.01. The molecular formula is C15H13F4N. The van der Waals surface area contributed by atoms with E-state index in [1.807, 2.05) is 0 Å². The van der Waals surface area contributed by atoms with Crippen molar-refractivity contribution in [1.82, 2.24) is 5.32 Å².